The monoisotopic (exact) mass is 1030 g/mol. The van der Waals surface area contributed by atoms with Gasteiger partial charge in [-0.25, -0.2) is 4.79 Å². The Morgan fingerprint density at radius 3 is 1.43 bits per heavy atom. The lowest BCUT2D eigenvalue weighted by atomic mass is 10.0. The largest absolute Gasteiger partial charge is 0.480 e. The SMILES string of the molecule is CSCC[C@H](NC(=O)[C@H](CCCN=C(N)N)NC(=O)[C@@H](N)CCCN=C(N)N)C(=O)N[C@@H](CCCCN)C(=O)N[C@@H](Cc1c[nH]c2ccccc12)C(=O)N[C@@H](CCCCN)C(=O)N[C@@H](CCCCN)C(=O)O. The molecule has 1 aromatic carbocycles. The summed E-state index contributed by atoms with van der Waals surface area (Å²) in [5, 5.41) is 27.1. The van der Waals surface area contributed by atoms with Crippen LogP contribution in [0.5, 0.6) is 0 Å². The minimum absolute atomic E-state index is 0.0539. The van der Waals surface area contributed by atoms with Crippen molar-refractivity contribution in [3.05, 3.63) is 36.0 Å². The zero-order chi connectivity index (χ0) is 53.4. The Morgan fingerprint density at radius 2 is 0.958 bits per heavy atom. The highest BCUT2D eigenvalue weighted by atomic mass is 32.2. The van der Waals surface area contributed by atoms with Gasteiger partial charge >= 0.3 is 5.97 Å². The van der Waals surface area contributed by atoms with Crippen molar-refractivity contribution >= 4 is 76.0 Å². The van der Waals surface area contributed by atoms with Crippen LogP contribution in [0.4, 0.5) is 0 Å². The number of benzene rings is 1. The van der Waals surface area contributed by atoms with Gasteiger partial charge in [-0.2, -0.15) is 11.8 Å². The molecule has 1 heterocycles. The van der Waals surface area contributed by atoms with E-state index >= 15 is 0 Å². The van der Waals surface area contributed by atoms with E-state index in [1.54, 1.807) is 6.20 Å². The van der Waals surface area contributed by atoms with Crippen LogP contribution in [0.25, 0.3) is 10.9 Å². The van der Waals surface area contributed by atoms with Crippen LogP contribution in [-0.2, 0) is 40.0 Å². The molecule has 0 aliphatic rings. The Morgan fingerprint density at radius 1 is 0.556 bits per heavy atom. The van der Waals surface area contributed by atoms with Crippen LogP contribution in [0.1, 0.15) is 95.5 Å². The molecule has 72 heavy (non-hydrogen) atoms. The summed E-state index contributed by atoms with van der Waals surface area (Å²) < 4.78 is 0. The van der Waals surface area contributed by atoms with E-state index in [1.807, 2.05) is 30.5 Å². The summed E-state index contributed by atoms with van der Waals surface area (Å²) in [5.41, 5.74) is 46.5. The van der Waals surface area contributed by atoms with Crippen molar-refractivity contribution in [3.63, 3.8) is 0 Å². The number of aromatic nitrogens is 1. The van der Waals surface area contributed by atoms with Crippen molar-refractivity contribution in [1.29, 1.82) is 0 Å². The topological polar surface area (TPSA) is 461 Å². The van der Waals surface area contributed by atoms with E-state index in [0.717, 1.165) is 10.9 Å². The third-order valence-electron chi connectivity index (χ3n) is 11.6. The van der Waals surface area contributed by atoms with Gasteiger partial charge in [0.05, 0.1) is 6.04 Å². The molecule has 2 aromatic rings. The minimum Gasteiger partial charge on any atom is -0.480 e. The summed E-state index contributed by atoms with van der Waals surface area (Å²) >= 11 is 1.42. The number of carboxylic acids is 1. The van der Waals surface area contributed by atoms with E-state index in [2.05, 4.69) is 46.9 Å². The Kier molecular flexibility index (Phi) is 30.1. The molecule has 0 spiro atoms. The van der Waals surface area contributed by atoms with Crippen molar-refractivity contribution in [1.82, 2.24) is 36.9 Å². The van der Waals surface area contributed by atoms with E-state index in [-0.39, 0.29) is 76.4 Å². The van der Waals surface area contributed by atoms with Crippen LogP contribution in [0.15, 0.2) is 40.4 Å². The second-order valence-electron chi connectivity index (χ2n) is 17.4. The van der Waals surface area contributed by atoms with Crippen molar-refractivity contribution < 1.29 is 38.7 Å². The number of hydrogen-bond acceptors (Lipinski definition) is 14. The maximum Gasteiger partial charge on any atom is 0.326 e. The first-order valence-electron chi connectivity index (χ1n) is 24.5. The number of carboxylic acid groups (broad SMARTS) is 1. The molecule has 0 bridgehead atoms. The van der Waals surface area contributed by atoms with Crippen LogP contribution in [0.3, 0.4) is 0 Å². The lowest BCUT2D eigenvalue weighted by Crippen LogP contribution is -2.60. The molecule has 0 radical (unpaired) electrons. The Labute approximate surface area is 425 Å². The average Bonchev–Trinajstić information content (AvgIpc) is 3.75. The number of hydrogen-bond donors (Lipinski definition) is 16. The van der Waals surface area contributed by atoms with Crippen LogP contribution in [0, 0.1) is 0 Å². The quantitative estimate of drug-likeness (QED) is 0.0185. The standard InChI is InChI=1S/C46H81N17O8S/c1-72-25-19-35(61-39(65)34(18-11-24-56-46(53)54)58-38(64)30(50)13-10-23-55-45(51)52)42(68)59-33(16-5-8-21-48)41(67)63-37(26-28-27-57-31-14-3-2-12-29(28)31)43(69)60-32(15-4-7-20-47)40(66)62-36(44(70)71)17-6-9-22-49/h2-3,12,14,27,30,32-37,57H,4-11,13,15-26,47-50H2,1H3,(H,58,64)(H,59,68)(H,60,69)(H,61,65)(H,62,66)(H,63,67)(H,70,71)(H4,51,52,55)(H4,53,54,56)/t30-,32-,33-,34-,35-,36-,37-/m0/s1. The number of fused-ring (bicyclic) bond motifs is 1. The maximum atomic E-state index is 14.5. The molecule has 1 aromatic heterocycles. The summed E-state index contributed by atoms with van der Waals surface area (Å²) in [5.74, 6) is -5.31. The molecule has 0 unspecified atom stereocenters. The molecule has 0 fully saturated rings. The van der Waals surface area contributed by atoms with Crippen molar-refractivity contribution in [3.8, 4) is 0 Å². The number of nitrogens with one attached hydrogen (secondary N) is 7. The first kappa shape index (κ1) is 61.9. The van der Waals surface area contributed by atoms with Gasteiger partial charge in [0, 0.05) is 36.6 Å². The number of H-pyrrole nitrogens is 1. The van der Waals surface area contributed by atoms with E-state index in [0.29, 0.717) is 75.9 Å². The number of nitrogens with zero attached hydrogens (tertiary/aromatic N) is 2. The van der Waals surface area contributed by atoms with Gasteiger partial charge in [0.1, 0.15) is 36.3 Å². The zero-order valence-corrected chi connectivity index (χ0v) is 42.3. The number of aliphatic imine (C=N–C) groups is 2. The number of rotatable bonds is 38. The molecular formula is C46H81N17O8S. The number of guanidine groups is 2. The minimum atomic E-state index is -1.32. The second kappa shape index (κ2) is 35.0. The fourth-order valence-electron chi connectivity index (χ4n) is 7.57. The number of thioether (sulfide) groups is 1. The van der Waals surface area contributed by atoms with Gasteiger partial charge in [-0.05, 0) is 133 Å². The highest BCUT2D eigenvalue weighted by Crippen LogP contribution is 2.20. The number of carbonyl (C=O) groups is 7. The van der Waals surface area contributed by atoms with Crippen molar-refractivity contribution in [2.45, 2.75) is 139 Å². The number of aliphatic carboxylic acids is 1. The van der Waals surface area contributed by atoms with Gasteiger partial charge in [-0.15, -0.1) is 0 Å². The molecule has 0 saturated carbocycles. The predicted octanol–water partition coefficient (Wildman–Crippen LogP) is -2.72. The summed E-state index contributed by atoms with van der Waals surface area (Å²) in [7, 11) is 0. The molecular weight excluding hydrogens is 951 g/mol. The van der Waals surface area contributed by atoms with E-state index < -0.39 is 83.7 Å². The molecule has 0 aliphatic carbocycles. The molecule has 24 N–H and O–H groups in total. The van der Waals surface area contributed by atoms with E-state index in [4.69, 9.17) is 45.9 Å². The summed E-state index contributed by atoms with van der Waals surface area (Å²) in [4.78, 5) is 107. The summed E-state index contributed by atoms with van der Waals surface area (Å²) in [6, 6.07) is -1.00. The number of aromatic amines is 1. The Hall–Kier alpha value is -6.22. The first-order valence-corrected chi connectivity index (χ1v) is 25.9. The fraction of sp³-hybridized carbons (Fsp3) is 0.630. The molecule has 25 nitrogen and oxygen atoms in total. The molecule has 2 rings (SSSR count). The number of nitrogens with two attached hydrogens (primary N) is 8. The number of carbonyl (C=O) groups excluding carboxylic acids is 6. The van der Waals surface area contributed by atoms with Gasteiger partial charge in [0.25, 0.3) is 0 Å². The molecule has 7 atom stereocenters. The second-order valence-corrected chi connectivity index (χ2v) is 18.4. The zero-order valence-electron chi connectivity index (χ0n) is 41.5. The molecule has 0 aliphatic heterocycles. The maximum absolute atomic E-state index is 14.5. The van der Waals surface area contributed by atoms with Crippen LogP contribution in [0.2, 0.25) is 0 Å². The average molecular weight is 1030 g/mol. The van der Waals surface area contributed by atoms with Gasteiger partial charge in [-0.1, -0.05) is 18.2 Å². The summed E-state index contributed by atoms with van der Waals surface area (Å²) in [6.07, 6.45) is 7.69. The first-order chi connectivity index (χ1) is 34.4. The number of amides is 6. The van der Waals surface area contributed by atoms with Gasteiger partial charge < -0.3 is 87.9 Å². The van der Waals surface area contributed by atoms with Gasteiger partial charge in [-0.3, -0.25) is 38.8 Å². The normalized spacial score (nSPS) is 14.0. The van der Waals surface area contributed by atoms with Crippen LogP contribution < -0.4 is 77.8 Å². The fourth-order valence-corrected chi connectivity index (χ4v) is 8.04. The highest BCUT2D eigenvalue weighted by Gasteiger charge is 2.34. The van der Waals surface area contributed by atoms with E-state index in [9.17, 15) is 38.7 Å². The smallest absolute Gasteiger partial charge is 0.326 e. The van der Waals surface area contributed by atoms with Crippen LogP contribution >= 0.6 is 11.8 Å². The molecule has 26 heteroatoms. The van der Waals surface area contributed by atoms with Gasteiger partial charge in [0.15, 0.2) is 11.9 Å². The van der Waals surface area contributed by atoms with Crippen molar-refractivity contribution in [2.24, 2.45) is 55.9 Å². The predicted molar refractivity (Wildman–Crippen MR) is 281 cm³/mol. The van der Waals surface area contributed by atoms with Crippen LogP contribution in [-0.4, -0.2) is 150 Å². The lowest BCUT2D eigenvalue weighted by Gasteiger charge is -2.28. The lowest BCUT2D eigenvalue weighted by molar-refractivity contribution is -0.142. The molecule has 6 amide bonds. The number of para-hydroxylation sites is 1. The Balaban J connectivity index is 2.49. The third kappa shape index (κ3) is 23.8. The molecule has 404 valence electrons. The van der Waals surface area contributed by atoms with Gasteiger partial charge in [0.2, 0.25) is 35.4 Å². The van der Waals surface area contributed by atoms with E-state index in [1.165, 1.54) is 11.8 Å². The Bertz CT molecular complexity index is 2070. The summed E-state index contributed by atoms with van der Waals surface area (Å²) in [6.45, 7) is 1.34. The third-order valence-corrected chi connectivity index (χ3v) is 12.2. The highest BCUT2D eigenvalue weighted by molar-refractivity contribution is 7.98. The number of unbranched alkanes of at least 4 members (excludes halogenated alkanes) is 3. The molecule has 0 saturated heterocycles. The van der Waals surface area contributed by atoms with Crippen molar-refractivity contribution in [2.75, 3.05) is 44.7 Å².